The van der Waals surface area contributed by atoms with Gasteiger partial charge in [0.15, 0.2) is 11.5 Å². The number of nitrogens with one attached hydrogen (secondary N) is 1. The zero-order valence-corrected chi connectivity index (χ0v) is 13.8. The molecule has 4 rings (SSSR count). The summed E-state index contributed by atoms with van der Waals surface area (Å²) in [5.74, 6) is 0.705. The van der Waals surface area contributed by atoms with Gasteiger partial charge >= 0.3 is 0 Å². The Balaban J connectivity index is 1.44. The summed E-state index contributed by atoms with van der Waals surface area (Å²) in [5, 5.41) is 2.86. The largest absolute Gasteiger partial charge is 0.454 e. The second kappa shape index (κ2) is 6.12. The molecule has 2 heterocycles. The van der Waals surface area contributed by atoms with Crippen LogP contribution in [0.1, 0.15) is 12.0 Å². The standard InChI is InChI=1S/C19H18N2O4/c1-12-2-5-15(6-3-12)21-10-13(8-18(21)22)19(23)20-14-4-7-16-17(9-14)25-11-24-16/h2-7,9,13H,8,10-11H2,1H3,(H,20,23)/t13-/m1/s1. The van der Waals surface area contributed by atoms with E-state index >= 15 is 0 Å². The lowest BCUT2D eigenvalue weighted by molar-refractivity contribution is -0.122. The fourth-order valence-electron chi connectivity index (χ4n) is 3.08. The third-order valence-electron chi connectivity index (χ3n) is 4.48. The molecular formula is C19H18N2O4. The number of hydrogen-bond donors (Lipinski definition) is 1. The minimum Gasteiger partial charge on any atom is -0.454 e. The van der Waals surface area contributed by atoms with Crippen LogP contribution in [0.5, 0.6) is 11.5 Å². The lowest BCUT2D eigenvalue weighted by Gasteiger charge is -2.17. The van der Waals surface area contributed by atoms with Crippen molar-refractivity contribution in [2.75, 3.05) is 23.6 Å². The first-order valence-corrected chi connectivity index (χ1v) is 8.18. The average molecular weight is 338 g/mol. The van der Waals surface area contributed by atoms with Crippen LogP contribution in [0.15, 0.2) is 42.5 Å². The van der Waals surface area contributed by atoms with Crippen LogP contribution in [0, 0.1) is 12.8 Å². The summed E-state index contributed by atoms with van der Waals surface area (Å²) >= 11 is 0. The lowest BCUT2D eigenvalue weighted by Crippen LogP contribution is -2.28. The summed E-state index contributed by atoms with van der Waals surface area (Å²) in [7, 11) is 0. The van der Waals surface area contributed by atoms with Gasteiger partial charge in [0.25, 0.3) is 0 Å². The molecule has 0 spiro atoms. The molecule has 0 saturated carbocycles. The summed E-state index contributed by atoms with van der Waals surface area (Å²) in [6.45, 7) is 2.57. The number of hydrogen-bond acceptors (Lipinski definition) is 4. The molecule has 25 heavy (non-hydrogen) atoms. The van der Waals surface area contributed by atoms with Crippen LogP contribution < -0.4 is 19.7 Å². The number of anilines is 2. The van der Waals surface area contributed by atoms with Gasteiger partial charge in [0, 0.05) is 30.4 Å². The fraction of sp³-hybridized carbons (Fsp3) is 0.263. The van der Waals surface area contributed by atoms with E-state index in [0.717, 1.165) is 11.3 Å². The average Bonchev–Trinajstić information content (AvgIpc) is 3.22. The van der Waals surface area contributed by atoms with E-state index < -0.39 is 0 Å². The Bertz CT molecular complexity index is 832. The van der Waals surface area contributed by atoms with Crippen LogP contribution in [0.3, 0.4) is 0 Å². The molecular weight excluding hydrogens is 320 g/mol. The zero-order valence-electron chi connectivity index (χ0n) is 13.8. The number of nitrogens with zero attached hydrogens (tertiary/aromatic N) is 1. The Labute approximate surface area is 145 Å². The molecule has 2 aromatic carbocycles. The number of carbonyl (C=O) groups is 2. The number of fused-ring (bicyclic) bond motifs is 1. The molecule has 6 nitrogen and oxygen atoms in total. The number of ether oxygens (including phenoxy) is 2. The highest BCUT2D eigenvalue weighted by Gasteiger charge is 2.35. The first-order chi connectivity index (χ1) is 12.1. The monoisotopic (exact) mass is 338 g/mol. The molecule has 2 aromatic rings. The molecule has 2 aliphatic heterocycles. The predicted octanol–water partition coefficient (Wildman–Crippen LogP) is 2.72. The van der Waals surface area contributed by atoms with Crippen molar-refractivity contribution in [1.29, 1.82) is 0 Å². The molecule has 0 aromatic heterocycles. The second-order valence-corrected chi connectivity index (χ2v) is 6.30. The van der Waals surface area contributed by atoms with Crippen LogP contribution >= 0.6 is 0 Å². The first-order valence-electron chi connectivity index (χ1n) is 8.18. The van der Waals surface area contributed by atoms with Crippen molar-refractivity contribution in [3.8, 4) is 11.5 Å². The first kappa shape index (κ1) is 15.5. The molecule has 6 heteroatoms. The van der Waals surface area contributed by atoms with Gasteiger partial charge in [0.1, 0.15) is 0 Å². The molecule has 1 saturated heterocycles. The number of amides is 2. The Morgan fingerprint density at radius 3 is 2.68 bits per heavy atom. The molecule has 1 atom stereocenters. The van der Waals surface area contributed by atoms with Gasteiger partial charge in [-0.15, -0.1) is 0 Å². The quantitative estimate of drug-likeness (QED) is 0.934. The fourth-order valence-corrected chi connectivity index (χ4v) is 3.08. The van der Waals surface area contributed by atoms with Gasteiger partial charge in [0.05, 0.1) is 5.92 Å². The minimum absolute atomic E-state index is 0.0327. The normalized spacial score (nSPS) is 18.5. The SMILES string of the molecule is Cc1ccc(N2C[C@H](C(=O)Nc3ccc4c(c3)OCO4)CC2=O)cc1. The van der Waals surface area contributed by atoms with Crippen molar-refractivity contribution < 1.29 is 19.1 Å². The maximum Gasteiger partial charge on any atom is 0.231 e. The van der Waals surface area contributed by atoms with Crippen LogP contribution in [-0.2, 0) is 9.59 Å². The Kier molecular flexibility index (Phi) is 3.80. The van der Waals surface area contributed by atoms with E-state index in [0.29, 0.717) is 23.7 Å². The summed E-state index contributed by atoms with van der Waals surface area (Å²) in [6.07, 6.45) is 0.213. The molecule has 0 aliphatic carbocycles. The van der Waals surface area contributed by atoms with Gasteiger partial charge in [0.2, 0.25) is 18.6 Å². The molecule has 1 N–H and O–H groups in total. The van der Waals surface area contributed by atoms with Crippen molar-refractivity contribution in [3.63, 3.8) is 0 Å². The molecule has 2 amide bonds. The van der Waals surface area contributed by atoms with E-state index in [4.69, 9.17) is 9.47 Å². The van der Waals surface area contributed by atoms with Crippen LogP contribution in [-0.4, -0.2) is 25.2 Å². The zero-order chi connectivity index (χ0) is 17.4. The predicted molar refractivity (Wildman–Crippen MR) is 92.8 cm³/mol. The Morgan fingerprint density at radius 2 is 1.88 bits per heavy atom. The third-order valence-corrected chi connectivity index (χ3v) is 4.48. The van der Waals surface area contributed by atoms with E-state index in [1.165, 1.54) is 0 Å². The van der Waals surface area contributed by atoms with Crippen molar-refractivity contribution in [1.82, 2.24) is 0 Å². The van der Waals surface area contributed by atoms with E-state index in [1.54, 1.807) is 23.1 Å². The number of rotatable bonds is 3. The molecule has 0 unspecified atom stereocenters. The Hall–Kier alpha value is -3.02. The third kappa shape index (κ3) is 3.03. The highest BCUT2D eigenvalue weighted by Crippen LogP contribution is 2.34. The molecule has 128 valence electrons. The maximum absolute atomic E-state index is 12.5. The molecule has 0 radical (unpaired) electrons. The van der Waals surface area contributed by atoms with Gasteiger partial charge in [-0.3, -0.25) is 9.59 Å². The van der Waals surface area contributed by atoms with Gasteiger partial charge in [-0.1, -0.05) is 17.7 Å². The van der Waals surface area contributed by atoms with Crippen molar-refractivity contribution >= 4 is 23.2 Å². The van der Waals surface area contributed by atoms with Crippen LogP contribution in [0.4, 0.5) is 11.4 Å². The van der Waals surface area contributed by atoms with E-state index in [9.17, 15) is 9.59 Å². The summed E-state index contributed by atoms with van der Waals surface area (Å²) < 4.78 is 10.6. The Morgan fingerprint density at radius 1 is 1.12 bits per heavy atom. The van der Waals surface area contributed by atoms with Gasteiger partial charge in [-0.2, -0.15) is 0 Å². The van der Waals surface area contributed by atoms with Gasteiger partial charge in [-0.05, 0) is 31.2 Å². The highest BCUT2D eigenvalue weighted by atomic mass is 16.7. The van der Waals surface area contributed by atoms with Crippen LogP contribution in [0.2, 0.25) is 0 Å². The number of benzene rings is 2. The number of carbonyl (C=O) groups excluding carboxylic acids is 2. The summed E-state index contributed by atoms with van der Waals surface area (Å²) in [5.41, 5.74) is 2.59. The number of aryl methyl sites for hydroxylation is 1. The second-order valence-electron chi connectivity index (χ2n) is 6.30. The smallest absolute Gasteiger partial charge is 0.231 e. The van der Waals surface area contributed by atoms with E-state index in [2.05, 4.69) is 5.32 Å². The van der Waals surface area contributed by atoms with Gasteiger partial charge < -0.3 is 19.7 Å². The van der Waals surface area contributed by atoms with Crippen molar-refractivity contribution in [2.45, 2.75) is 13.3 Å². The maximum atomic E-state index is 12.5. The van der Waals surface area contributed by atoms with Crippen molar-refractivity contribution in [2.24, 2.45) is 5.92 Å². The summed E-state index contributed by atoms with van der Waals surface area (Å²) in [6, 6.07) is 13.0. The molecule has 0 bridgehead atoms. The lowest BCUT2D eigenvalue weighted by atomic mass is 10.1. The topological polar surface area (TPSA) is 67.9 Å². The van der Waals surface area contributed by atoms with Crippen molar-refractivity contribution in [3.05, 3.63) is 48.0 Å². The highest BCUT2D eigenvalue weighted by molar-refractivity contribution is 6.03. The van der Waals surface area contributed by atoms with Gasteiger partial charge in [-0.25, -0.2) is 0 Å². The minimum atomic E-state index is -0.376. The molecule has 2 aliphatic rings. The van der Waals surface area contributed by atoms with Crippen LogP contribution in [0.25, 0.3) is 0 Å². The van der Waals surface area contributed by atoms with E-state index in [1.807, 2.05) is 31.2 Å². The van der Waals surface area contributed by atoms with E-state index in [-0.39, 0.29) is 30.9 Å². The summed E-state index contributed by atoms with van der Waals surface area (Å²) in [4.78, 5) is 26.5. The molecule has 1 fully saturated rings.